The molecule has 0 aromatic rings. The van der Waals surface area contributed by atoms with E-state index in [4.69, 9.17) is 18.9 Å². The van der Waals surface area contributed by atoms with E-state index in [1.54, 1.807) is 6.92 Å². The lowest BCUT2D eigenvalue weighted by atomic mass is 9.66. The summed E-state index contributed by atoms with van der Waals surface area (Å²) in [6, 6.07) is 0. The number of ether oxygens (including phenoxy) is 4. The van der Waals surface area contributed by atoms with E-state index in [1.165, 1.54) is 6.92 Å². The van der Waals surface area contributed by atoms with Crippen molar-refractivity contribution in [1.82, 2.24) is 0 Å². The molecular weight excluding hydrogens is 312 g/mol. The highest BCUT2D eigenvalue weighted by molar-refractivity contribution is 5.87. The number of carbonyl (C=O) groups excluding carboxylic acids is 2. The van der Waals surface area contributed by atoms with E-state index in [9.17, 15) is 9.59 Å². The summed E-state index contributed by atoms with van der Waals surface area (Å²) in [6.07, 6.45) is -1.32. The lowest BCUT2D eigenvalue weighted by Crippen LogP contribution is -2.54. The van der Waals surface area contributed by atoms with Crippen LogP contribution in [0.2, 0.25) is 0 Å². The monoisotopic (exact) mass is 338 g/mol. The van der Waals surface area contributed by atoms with Crippen molar-refractivity contribution in [2.75, 3.05) is 0 Å². The molecule has 2 bridgehead atoms. The molecule has 0 spiro atoms. The molecule has 3 fully saturated rings. The summed E-state index contributed by atoms with van der Waals surface area (Å²) in [5.41, 5.74) is -0.863. The molecule has 6 unspecified atom stereocenters. The van der Waals surface area contributed by atoms with Gasteiger partial charge in [-0.1, -0.05) is 6.58 Å². The van der Waals surface area contributed by atoms with Crippen LogP contribution in [-0.4, -0.2) is 47.6 Å². The number of esters is 2. The van der Waals surface area contributed by atoms with Crippen molar-refractivity contribution in [3.63, 3.8) is 0 Å². The van der Waals surface area contributed by atoms with E-state index < -0.39 is 23.3 Å². The van der Waals surface area contributed by atoms with Crippen molar-refractivity contribution in [3.8, 4) is 0 Å². The molecule has 134 valence electrons. The van der Waals surface area contributed by atoms with Crippen LogP contribution < -0.4 is 0 Å². The summed E-state index contributed by atoms with van der Waals surface area (Å²) >= 11 is 0. The minimum Gasteiger partial charge on any atom is -0.459 e. The van der Waals surface area contributed by atoms with E-state index in [0.29, 0.717) is 5.57 Å². The van der Waals surface area contributed by atoms with Crippen molar-refractivity contribution < 1.29 is 28.5 Å². The Hall–Kier alpha value is -1.40. The van der Waals surface area contributed by atoms with Crippen LogP contribution in [0.15, 0.2) is 12.2 Å². The second kappa shape index (κ2) is 5.30. The van der Waals surface area contributed by atoms with Crippen LogP contribution in [0.5, 0.6) is 0 Å². The molecule has 0 amide bonds. The summed E-state index contributed by atoms with van der Waals surface area (Å²) in [6.45, 7) is 14.4. The van der Waals surface area contributed by atoms with Gasteiger partial charge in [0.25, 0.3) is 0 Å². The van der Waals surface area contributed by atoms with Gasteiger partial charge in [0, 0.05) is 24.3 Å². The molecule has 3 heterocycles. The van der Waals surface area contributed by atoms with Crippen molar-refractivity contribution in [2.24, 2.45) is 11.8 Å². The Kier molecular flexibility index (Phi) is 3.85. The Morgan fingerprint density at radius 3 is 2.29 bits per heavy atom. The Bertz CT molecular complexity index is 592. The number of rotatable bonds is 4. The summed E-state index contributed by atoms with van der Waals surface area (Å²) in [5, 5.41) is 0. The fourth-order valence-corrected chi connectivity index (χ4v) is 4.71. The predicted octanol–water partition coefficient (Wildman–Crippen LogP) is 2.01. The largest absolute Gasteiger partial charge is 0.459 e. The van der Waals surface area contributed by atoms with Crippen LogP contribution in [0, 0.1) is 11.8 Å². The fourth-order valence-electron chi connectivity index (χ4n) is 4.71. The third-order valence-electron chi connectivity index (χ3n) is 5.42. The fraction of sp³-hybridized carbons (Fsp3) is 0.778. The highest BCUT2D eigenvalue weighted by Crippen LogP contribution is 2.60. The smallest absolute Gasteiger partial charge is 0.333 e. The third-order valence-corrected chi connectivity index (χ3v) is 5.42. The van der Waals surface area contributed by atoms with E-state index in [-0.39, 0.29) is 36.1 Å². The maximum atomic E-state index is 12.0. The molecule has 3 saturated heterocycles. The topological polar surface area (TPSA) is 71.1 Å². The second-order valence-corrected chi connectivity index (χ2v) is 8.15. The number of fused-ring (bicyclic) bond motifs is 1. The Labute approximate surface area is 142 Å². The maximum absolute atomic E-state index is 12.0. The SMILES string of the molecule is C=C(C)C(=O)OC1C2OC(C)(C)C3C2OC1C3C(C)(C)OC(C)=O. The summed E-state index contributed by atoms with van der Waals surface area (Å²) in [5.74, 6) is -0.846. The number of hydrogen-bond acceptors (Lipinski definition) is 6. The van der Waals surface area contributed by atoms with Crippen molar-refractivity contribution >= 4 is 11.9 Å². The van der Waals surface area contributed by atoms with Crippen LogP contribution in [-0.2, 0) is 28.5 Å². The third kappa shape index (κ3) is 2.47. The lowest BCUT2D eigenvalue weighted by molar-refractivity contribution is -0.169. The van der Waals surface area contributed by atoms with Gasteiger partial charge < -0.3 is 18.9 Å². The molecule has 0 aromatic carbocycles. The summed E-state index contributed by atoms with van der Waals surface area (Å²) in [4.78, 5) is 23.6. The number of hydrogen-bond donors (Lipinski definition) is 0. The molecule has 24 heavy (non-hydrogen) atoms. The molecule has 0 aliphatic carbocycles. The van der Waals surface area contributed by atoms with Gasteiger partial charge in [-0.15, -0.1) is 0 Å². The zero-order valence-electron chi connectivity index (χ0n) is 15.1. The van der Waals surface area contributed by atoms with Gasteiger partial charge in [0.15, 0.2) is 6.10 Å². The standard InChI is InChI=1S/C18H26O6/c1-8(2)16(20)22-14-12-10(17(4,5)23-9(3)19)11-13(21-12)15(14)24-18(11,6)7/h10-15H,1H2,2-7H3. The first kappa shape index (κ1) is 17.4. The minimum atomic E-state index is -0.750. The van der Waals surface area contributed by atoms with Gasteiger partial charge in [-0.3, -0.25) is 4.79 Å². The van der Waals surface area contributed by atoms with Crippen LogP contribution in [0.1, 0.15) is 41.5 Å². The van der Waals surface area contributed by atoms with Gasteiger partial charge in [0.2, 0.25) is 0 Å². The molecule has 3 aliphatic rings. The Morgan fingerprint density at radius 2 is 1.75 bits per heavy atom. The molecule has 3 rings (SSSR count). The molecule has 0 saturated carbocycles. The summed E-state index contributed by atoms with van der Waals surface area (Å²) in [7, 11) is 0. The van der Waals surface area contributed by atoms with Gasteiger partial charge in [-0.05, 0) is 34.6 Å². The first-order chi connectivity index (χ1) is 11.0. The zero-order valence-corrected chi connectivity index (χ0v) is 15.1. The van der Waals surface area contributed by atoms with Crippen LogP contribution in [0.25, 0.3) is 0 Å². The normalized spacial score (nSPS) is 38.9. The van der Waals surface area contributed by atoms with Gasteiger partial charge in [0.1, 0.15) is 17.8 Å². The molecule has 0 N–H and O–H groups in total. The van der Waals surface area contributed by atoms with Crippen LogP contribution in [0.4, 0.5) is 0 Å². The van der Waals surface area contributed by atoms with E-state index in [0.717, 1.165) is 0 Å². The molecule has 6 nitrogen and oxygen atoms in total. The lowest BCUT2D eigenvalue weighted by Gasteiger charge is -2.41. The molecule has 6 heteroatoms. The van der Waals surface area contributed by atoms with Crippen molar-refractivity contribution in [3.05, 3.63) is 12.2 Å². The van der Waals surface area contributed by atoms with Crippen molar-refractivity contribution in [2.45, 2.75) is 77.2 Å². The highest BCUT2D eigenvalue weighted by Gasteiger charge is 2.73. The molecule has 0 radical (unpaired) electrons. The average molecular weight is 338 g/mol. The molecular formula is C18H26O6. The van der Waals surface area contributed by atoms with Gasteiger partial charge in [-0.2, -0.15) is 0 Å². The van der Waals surface area contributed by atoms with Gasteiger partial charge in [0.05, 0.1) is 11.7 Å². The Morgan fingerprint density at radius 1 is 1.12 bits per heavy atom. The molecule has 6 atom stereocenters. The highest BCUT2D eigenvalue weighted by atomic mass is 16.7. The molecule has 0 aromatic heterocycles. The Balaban J connectivity index is 1.94. The van der Waals surface area contributed by atoms with Crippen LogP contribution >= 0.6 is 0 Å². The van der Waals surface area contributed by atoms with Gasteiger partial charge in [-0.25, -0.2) is 4.79 Å². The number of carbonyl (C=O) groups is 2. The van der Waals surface area contributed by atoms with E-state index in [1.807, 2.05) is 27.7 Å². The van der Waals surface area contributed by atoms with E-state index in [2.05, 4.69) is 6.58 Å². The minimum absolute atomic E-state index is 0.0710. The molecule has 3 aliphatic heterocycles. The first-order valence-corrected chi connectivity index (χ1v) is 8.35. The zero-order chi connectivity index (χ0) is 18.0. The van der Waals surface area contributed by atoms with Gasteiger partial charge >= 0.3 is 11.9 Å². The second-order valence-electron chi connectivity index (χ2n) is 8.15. The van der Waals surface area contributed by atoms with E-state index >= 15 is 0 Å². The van der Waals surface area contributed by atoms with Crippen molar-refractivity contribution in [1.29, 1.82) is 0 Å². The summed E-state index contributed by atoms with van der Waals surface area (Å²) < 4.78 is 23.5. The average Bonchev–Trinajstić information content (AvgIpc) is 2.99. The first-order valence-electron chi connectivity index (χ1n) is 8.35. The predicted molar refractivity (Wildman–Crippen MR) is 85.1 cm³/mol. The van der Waals surface area contributed by atoms with Crippen LogP contribution in [0.3, 0.4) is 0 Å². The maximum Gasteiger partial charge on any atom is 0.333 e. The quantitative estimate of drug-likeness (QED) is 0.577.